The van der Waals surface area contributed by atoms with Gasteiger partial charge in [0, 0.05) is 5.39 Å². The molecule has 0 aromatic heterocycles. The lowest BCUT2D eigenvalue weighted by Gasteiger charge is -2.38. The van der Waals surface area contributed by atoms with Gasteiger partial charge in [0.15, 0.2) is 0 Å². The van der Waals surface area contributed by atoms with Crippen molar-refractivity contribution in [1.82, 2.24) is 0 Å². The number of aliphatic hydroxyl groups is 1. The molecule has 2 aromatic rings. The second-order valence-corrected chi connectivity index (χ2v) is 6.10. The van der Waals surface area contributed by atoms with Crippen LogP contribution in [0.2, 0.25) is 0 Å². The third-order valence-corrected chi connectivity index (χ3v) is 3.91. The van der Waals surface area contributed by atoms with Crippen molar-refractivity contribution in [2.75, 3.05) is 0 Å². The minimum absolute atomic E-state index is 0.665. The highest BCUT2D eigenvalue weighted by Gasteiger charge is 2.37. The van der Waals surface area contributed by atoms with Gasteiger partial charge in [-0.25, -0.2) is 0 Å². The summed E-state index contributed by atoms with van der Waals surface area (Å²) in [5.74, 6) is 0.852. The molecular formula is C17H22O2. The SMILES string of the molecule is Cc1ccc2ccccc2c1OC(C)(C)C(C)(C)O. The maximum absolute atomic E-state index is 10.2. The third-order valence-electron chi connectivity index (χ3n) is 3.91. The van der Waals surface area contributed by atoms with Crippen molar-refractivity contribution in [2.24, 2.45) is 0 Å². The lowest BCUT2D eigenvalue weighted by molar-refractivity contribution is -0.0902. The predicted octanol–water partition coefficient (Wildman–Crippen LogP) is 4.08. The fourth-order valence-corrected chi connectivity index (χ4v) is 1.87. The molecule has 0 unspecified atom stereocenters. The number of aryl methyl sites for hydroxylation is 1. The molecule has 2 rings (SSSR count). The Balaban J connectivity index is 2.54. The van der Waals surface area contributed by atoms with Crippen LogP contribution in [0.1, 0.15) is 33.3 Å². The van der Waals surface area contributed by atoms with Gasteiger partial charge in [-0.3, -0.25) is 0 Å². The van der Waals surface area contributed by atoms with Crippen LogP contribution in [0.25, 0.3) is 10.8 Å². The van der Waals surface area contributed by atoms with Crippen molar-refractivity contribution in [3.63, 3.8) is 0 Å². The molecule has 0 amide bonds. The van der Waals surface area contributed by atoms with Gasteiger partial charge in [0.2, 0.25) is 0 Å². The van der Waals surface area contributed by atoms with Gasteiger partial charge in [0.25, 0.3) is 0 Å². The van der Waals surface area contributed by atoms with E-state index in [0.717, 1.165) is 22.1 Å². The molecule has 0 saturated heterocycles. The molecule has 0 heterocycles. The predicted molar refractivity (Wildman–Crippen MR) is 79.7 cm³/mol. The summed E-state index contributed by atoms with van der Waals surface area (Å²) >= 11 is 0. The van der Waals surface area contributed by atoms with Crippen molar-refractivity contribution in [3.05, 3.63) is 42.0 Å². The summed E-state index contributed by atoms with van der Waals surface area (Å²) < 4.78 is 6.16. The number of hydrogen-bond donors (Lipinski definition) is 1. The highest BCUT2D eigenvalue weighted by atomic mass is 16.5. The van der Waals surface area contributed by atoms with E-state index in [4.69, 9.17) is 4.74 Å². The summed E-state index contributed by atoms with van der Waals surface area (Å²) in [4.78, 5) is 0. The number of fused-ring (bicyclic) bond motifs is 1. The van der Waals surface area contributed by atoms with Crippen LogP contribution in [0, 0.1) is 6.92 Å². The molecule has 0 aliphatic heterocycles. The van der Waals surface area contributed by atoms with Gasteiger partial charge in [0.1, 0.15) is 11.4 Å². The molecule has 0 spiro atoms. The van der Waals surface area contributed by atoms with Gasteiger partial charge in [-0.15, -0.1) is 0 Å². The van der Waals surface area contributed by atoms with Crippen molar-refractivity contribution < 1.29 is 9.84 Å². The summed E-state index contributed by atoms with van der Waals surface area (Å²) in [6, 6.07) is 12.3. The molecule has 19 heavy (non-hydrogen) atoms. The van der Waals surface area contributed by atoms with Crippen molar-refractivity contribution in [1.29, 1.82) is 0 Å². The van der Waals surface area contributed by atoms with Gasteiger partial charge < -0.3 is 9.84 Å². The maximum atomic E-state index is 10.2. The summed E-state index contributed by atoms with van der Waals surface area (Å²) in [7, 11) is 0. The van der Waals surface area contributed by atoms with Crippen LogP contribution in [-0.4, -0.2) is 16.3 Å². The van der Waals surface area contributed by atoms with Crippen LogP contribution in [0.15, 0.2) is 36.4 Å². The largest absolute Gasteiger partial charge is 0.484 e. The Morgan fingerprint density at radius 2 is 1.58 bits per heavy atom. The van der Waals surface area contributed by atoms with Crippen LogP contribution in [0.5, 0.6) is 5.75 Å². The standard InChI is InChI=1S/C17H22O2/c1-12-10-11-13-8-6-7-9-14(13)15(12)19-17(4,5)16(2,3)18/h6-11,18H,1-5H3. The number of rotatable bonds is 3. The molecule has 0 aliphatic rings. The molecule has 2 nitrogen and oxygen atoms in total. The fourth-order valence-electron chi connectivity index (χ4n) is 1.87. The molecule has 0 aliphatic carbocycles. The van der Waals surface area contributed by atoms with Gasteiger partial charge in [0.05, 0.1) is 5.60 Å². The normalized spacial score (nSPS) is 12.7. The molecule has 102 valence electrons. The average Bonchev–Trinajstić information content (AvgIpc) is 2.31. The van der Waals surface area contributed by atoms with E-state index in [0.29, 0.717) is 0 Å². The summed E-state index contributed by atoms with van der Waals surface area (Å²) in [6.07, 6.45) is 0. The fraction of sp³-hybridized carbons (Fsp3) is 0.412. The average molecular weight is 258 g/mol. The first-order valence-electron chi connectivity index (χ1n) is 6.62. The molecule has 2 aromatic carbocycles. The molecule has 0 saturated carbocycles. The van der Waals surface area contributed by atoms with Gasteiger partial charge in [-0.1, -0.05) is 36.4 Å². The minimum Gasteiger partial charge on any atom is -0.484 e. The highest BCUT2D eigenvalue weighted by Crippen LogP contribution is 2.35. The number of benzene rings is 2. The summed E-state index contributed by atoms with van der Waals surface area (Å²) in [5, 5.41) is 12.5. The quantitative estimate of drug-likeness (QED) is 0.899. The zero-order valence-corrected chi connectivity index (χ0v) is 12.3. The lowest BCUT2D eigenvalue weighted by Crippen LogP contribution is -2.49. The highest BCUT2D eigenvalue weighted by molar-refractivity contribution is 5.89. The Bertz CT molecular complexity index is 592. The lowest BCUT2D eigenvalue weighted by atomic mass is 9.89. The van der Waals surface area contributed by atoms with Crippen LogP contribution in [0.4, 0.5) is 0 Å². The van der Waals surface area contributed by atoms with Gasteiger partial charge in [-0.2, -0.15) is 0 Å². The maximum Gasteiger partial charge on any atom is 0.131 e. The Kier molecular flexibility index (Phi) is 3.31. The number of ether oxygens (including phenoxy) is 1. The first kappa shape index (κ1) is 13.9. The van der Waals surface area contributed by atoms with Crippen LogP contribution in [-0.2, 0) is 0 Å². The van der Waals surface area contributed by atoms with E-state index in [1.807, 2.05) is 32.9 Å². The molecule has 0 bridgehead atoms. The molecule has 0 fully saturated rings. The second kappa shape index (κ2) is 4.53. The Labute approximate surface area is 115 Å². The second-order valence-electron chi connectivity index (χ2n) is 6.10. The Hall–Kier alpha value is -1.54. The molecule has 0 atom stereocenters. The number of hydrogen-bond acceptors (Lipinski definition) is 2. The Morgan fingerprint density at radius 1 is 0.947 bits per heavy atom. The smallest absolute Gasteiger partial charge is 0.131 e. The molecule has 1 N–H and O–H groups in total. The zero-order valence-electron chi connectivity index (χ0n) is 12.3. The molecular weight excluding hydrogens is 236 g/mol. The minimum atomic E-state index is -0.920. The van der Waals surface area contributed by atoms with Crippen LogP contribution >= 0.6 is 0 Å². The topological polar surface area (TPSA) is 29.5 Å². The first-order valence-corrected chi connectivity index (χ1v) is 6.62. The van der Waals surface area contributed by atoms with Crippen LogP contribution < -0.4 is 4.74 Å². The third kappa shape index (κ3) is 2.59. The van der Waals surface area contributed by atoms with E-state index >= 15 is 0 Å². The summed E-state index contributed by atoms with van der Waals surface area (Å²) in [5.41, 5.74) is -0.505. The van der Waals surface area contributed by atoms with E-state index in [1.165, 1.54) is 0 Å². The van der Waals surface area contributed by atoms with Gasteiger partial charge in [-0.05, 0) is 45.6 Å². The first-order chi connectivity index (χ1) is 8.72. The zero-order chi connectivity index (χ0) is 14.3. The van der Waals surface area contributed by atoms with E-state index < -0.39 is 11.2 Å². The Morgan fingerprint density at radius 3 is 2.21 bits per heavy atom. The van der Waals surface area contributed by atoms with Crippen molar-refractivity contribution in [3.8, 4) is 5.75 Å². The van der Waals surface area contributed by atoms with E-state index in [2.05, 4.69) is 24.3 Å². The molecule has 2 heteroatoms. The van der Waals surface area contributed by atoms with Crippen LogP contribution in [0.3, 0.4) is 0 Å². The van der Waals surface area contributed by atoms with Crippen molar-refractivity contribution >= 4 is 10.8 Å². The van der Waals surface area contributed by atoms with E-state index in [-0.39, 0.29) is 0 Å². The monoisotopic (exact) mass is 258 g/mol. The van der Waals surface area contributed by atoms with Gasteiger partial charge >= 0.3 is 0 Å². The van der Waals surface area contributed by atoms with E-state index in [1.54, 1.807) is 13.8 Å². The summed E-state index contributed by atoms with van der Waals surface area (Å²) in [6.45, 7) is 9.39. The van der Waals surface area contributed by atoms with E-state index in [9.17, 15) is 5.11 Å². The van der Waals surface area contributed by atoms with Crippen molar-refractivity contribution in [2.45, 2.75) is 45.8 Å². The molecule has 0 radical (unpaired) electrons.